The molecule has 0 spiro atoms. The first-order valence-electron chi connectivity index (χ1n) is 6.60. The molecule has 0 aliphatic rings. The van der Waals surface area contributed by atoms with Gasteiger partial charge in [-0.2, -0.15) is 0 Å². The number of nitrogens with zero attached hydrogens (tertiary/aromatic N) is 1. The van der Waals surface area contributed by atoms with Gasteiger partial charge < -0.3 is 15.7 Å². The number of carboxylic acid groups (broad SMARTS) is 1. The number of halogens is 1. The van der Waals surface area contributed by atoms with Gasteiger partial charge in [0.1, 0.15) is 0 Å². The molecule has 3 N–H and O–H groups in total. The van der Waals surface area contributed by atoms with E-state index in [-0.39, 0.29) is 18.0 Å². The van der Waals surface area contributed by atoms with Crippen LogP contribution < -0.4 is 10.6 Å². The Morgan fingerprint density at radius 3 is 2.71 bits per heavy atom. The first-order valence-corrected chi connectivity index (χ1v) is 6.97. The third kappa shape index (κ3) is 6.12. The Morgan fingerprint density at radius 1 is 1.38 bits per heavy atom. The molecule has 1 rings (SSSR count). The van der Waals surface area contributed by atoms with Gasteiger partial charge in [-0.1, -0.05) is 11.6 Å². The van der Waals surface area contributed by atoms with Gasteiger partial charge in [0.25, 0.3) is 0 Å². The summed E-state index contributed by atoms with van der Waals surface area (Å²) in [6, 6.07) is 4.20. The minimum absolute atomic E-state index is 0.0806. The zero-order valence-electron chi connectivity index (χ0n) is 12.1. The monoisotopic (exact) mass is 313 g/mol. The number of carbonyl (C=O) groups excluding carboxylic acids is 1. The summed E-state index contributed by atoms with van der Waals surface area (Å²) in [5, 5.41) is 14.9. The maximum absolute atomic E-state index is 11.9. The number of carboxylic acids is 1. The highest BCUT2D eigenvalue weighted by atomic mass is 35.5. The van der Waals surface area contributed by atoms with Gasteiger partial charge in [0.2, 0.25) is 5.91 Å². The molecule has 7 heteroatoms. The van der Waals surface area contributed by atoms with Crippen molar-refractivity contribution in [3.8, 4) is 0 Å². The molecular formula is C14H20ClN3O3. The van der Waals surface area contributed by atoms with Gasteiger partial charge in [0.15, 0.2) is 0 Å². The number of hydrogen-bond acceptors (Lipinski definition) is 4. The fourth-order valence-electron chi connectivity index (χ4n) is 1.79. The van der Waals surface area contributed by atoms with Crippen LogP contribution in [0.3, 0.4) is 0 Å². The van der Waals surface area contributed by atoms with Crippen molar-refractivity contribution in [2.75, 3.05) is 39.0 Å². The molecule has 1 amide bonds. The van der Waals surface area contributed by atoms with Crippen LogP contribution in [0.25, 0.3) is 0 Å². The van der Waals surface area contributed by atoms with Gasteiger partial charge in [0.05, 0.1) is 22.8 Å². The molecule has 0 saturated carbocycles. The number of anilines is 1. The predicted molar refractivity (Wildman–Crippen MR) is 83.1 cm³/mol. The molecule has 0 aromatic heterocycles. The van der Waals surface area contributed by atoms with Crippen LogP contribution in [0.4, 0.5) is 5.69 Å². The molecule has 0 radical (unpaired) electrons. The zero-order valence-corrected chi connectivity index (χ0v) is 12.9. The number of benzene rings is 1. The van der Waals surface area contributed by atoms with Crippen LogP contribution >= 0.6 is 11.6 Å². The summed E-state index contributed by atoms with van der Waals surface area (Å²) in [4.78, 5) is 24.7. The fourth-order valence-corrected chi connectivity index (χ4v) is 1.96. The van der Waals surface area contributed by atoms with Gasteiger partial charge in [-0.15, -0.1) is 0 Å². The second kappa shape index (κ2) is 8.61. The minimum Gasteiger partial charge on any atom is -0.478 e. The SMILES string of the molecule is CNCCCN(C)CC(=O)Nc1cc(C(=O)O)ccc1Cl. The number of aromatic carboxylic acids is 1. The Kier molecular flexibility index (Phi) is 7.14. The fraction of sp³-hybridized carbons (Fsp3) is 0.429. The molecular weight excluding hydrogens is 294 g/mol. The topological polar surface area (TPSA) is 81.7 Å². The van der Waals surface area contributed by atoms with Gasteiger partial charge in [-0.25, -0.2) is 4.79 Å². The first kappa shape index (κ1) is 17.4. The molecule has 0 aliphatic carbocycles. The highest BCUT2D eigenvalue weighted by Crippen LogP contribution is 2.23. The summed E-state index contributed by atoms with van der Waals surface area (Å²) in [5.41, 5.74) is 0.391. The van der Waals surface area contributed by atoms with E-state index in [1.165, 1.54) is 18.2 Å². The molecule has 0 saturated heterocycles. The third-order valence-corrected chi connectivity index (χ3v) is 3.20. The Balaban J connectivity index is 2.58. The molecule has 0 bridgehead atoms. The maximum Gasteiger partial charge on any atom is 0.335 e. The van der Waals surface area contributed by atoms with E-state index in [4.69, 9.17) is 16.7 Å². The largest absolute Gasteiger partial charge is 0.478 e. The molecule has 0 heterocycles. The summed E-state index contributed by atoms with van der Waals surface area (Å²) in [5.74, 6) is -1.29. The Labute approximate surface area is 129 Å². The Hall–Kier alpha value is -1.63. The lowest BCUT2D eigenvalue weighted by Gasteiger charge is -2.16. The summed E-state index contributed by atoms with van der Waals surface area (Å²) >= 11 is 5.95. The molecule has 0 fully saturated rings. The molecule has 0 unspecified atom stereocenters. The maximum atomic E-state index is 11.9. The van der Waals surface area contributed by atoms with Crippen molar-refractivity contribution >= 4 is 29.2 Å². The van der Waals surface area contributed by atoms with Crippen LogP contribution in [0.1, 0.15) is 16.8 Å². The number of likely N-dealkylation sites (N-methyl/N-ethyl adjacent to an activating group) is 1. The molecule has 1 aromatic rings. The Morgan fingerprint density at radius 2 is 2.10 bits per heavy atom. The van der Waals surface area contributed by atoms with E-state index >= 15 is 0 Å². The molecule has 1 aromatic carbocycles. The Bertz CT molecular complexity index is 508. The molecule has 6 nitrogen and oxygen atoms in total. The number of hydrogen-bond donors (Lipinski definition) is 3. The van der Waals surface area contributed by atoms with Gasteiger partial charge >= 0.3 is 5.97 Å². The van der Waals surface area contributed by atoms with Crippen molar-refractivity contribution in [3.05, 3.63) is 28.8 Å². The summed E-state index contributed by atoms with van der Waals surface area (Å²) in [6.45, 7) is 1.90. The lowest BCUT2D eigenvalue weighted by atomic mass is 10.2. The van der Waals surface area contributed by atoms with Crippen LogP contribution in [0.5, 0.6) is 0 Å². The zero-order chi connectivity index (χ0) is 15.8. The van der Waals surface area contributed by atoms with E-state index in [0.717, 1.165) is 19.5 Å². The van der Waals surface area contributed by atoms with Crippen LogP contribution in [-0.2, 0) is 4.79 Å². The van der Waals surface area contributed by atoms with E-state index in [1.54, 1.807) is 0 Å². The van der Waals surface area contributed by atoms with Crippen LogP contribution in [0.15, 0.2) is 18.2 Å². The third-order valence-electron chi connectivity index (χ3n) is 2.87. The van der Waals surface area contributed by atoms with E-state index < -0.39 is 5.97 Å². The van der Waals surface area contributed by atoms with Gasteiger partial charge in [-0.05, 0) is 51.8 Å². The van der Waals surface area contributed by atoms with Crippen molar-refractivity contribution < 1.29 is 14.7 Å². The van der Waals surface area contributed by atoms with Crippen LogP contribution in [0.2, 0.25) is 5.02 Å². The van der Waals surface area contributed by atoms with Crippen molar-refractivity contribution in [1.29, 1.82) is 0 Å². The van der Waals surface area contributed by atoms with Crippen molar-refractivity contribution in [2.45, 2.75) is 6.42 Å². The van der Waals surface area contributed by atoms with Crippen molar-refractivity contribution in [2.24, 2.45) is 0 Å². The lowest BCUT2D eigenvalue weighted by molar-refractivity contribution is -0.117. The second-order valence-electron chi connectivity index (χ2n) is 4.74. The molecule has 0 atom stereocenters. The number of amides is 1. The van der Waals surface area contributed by atoms with E-state index in [2.05, 4.69) is 10.6 Å². The smallest absolute Gasteiger partial charge is 0.335 e. The highest BCUT2D eigenvalue weighted by molar-refractivity contribution is 6.33. The minimum atomic E-state index is -1.06. The number of carbonyl (C=O) groups is 2. The normalized spacial score (nSPS) is 10.7. The second-order valence-corrected chi connectivity index (χ2v) is 5.15. The average Bonchev–Trinajstić information content (AvgIpc) is 2.41. The highest BCUT2D eigenvalue weighted by Gasteiger charge is 2.11. The standard InChI is InChI=1S/C14H20ClN3O3/c1-16-6-3-7-18(2)9-13(19)17-12-8-10(14(20)21)4-5-11(12)15/h4-5,8,16H,3,6-7,9H2,1-2H3,(H,17,19)(H,20,21). The summed E-state index contributed by atoms with van der Waals surface area (Å²) in [6.07, 6.45) is 0.940. The van der Waals surface area contributed by atoms with Crippen LogP contribution in [0, 0.1) is 0 Å². The van der Waals surface area contributed by atoms with Crippen LogP contribution in [-0.4, -0.2) is 55.6 Å². The van der Waals surface area contributed by atoms with E-state index in [0.29, 0.717) is 10.7 Å². The molecule has 116 valence electrons. The van der Waals surface area contributed by atoms with Gasteiger partial charge in [0, 0.05) is 0 Å². The predicted octanol–water partition coefficient (Wildman–Crippen LogP) is 1.52. The quantitative estimate of drug-likeness (QED) is 0.634. The molecule has 0 aliphatic heterocycles. The first-order chi connectivity index (χ1) is 9.93. The lowest BCUT2D eigenvalue weighted by Crippen LogP contribution is -2.32. The number of rotatable bonds is 8. The van der Waals surface area contributed by atoms with Gasteiger partial charge in [-0.3, -0.25) is 9.69 Å². The summed E-state index contributed by atoms with van der Waals surface area (Å²) < 4.78 is 0. The summed E-state index contributed by atoms with van der Waals surface area (Å²) in [7, 11) is 3.73. The molecule has 21 heavy (non-hydrogen) atoms. The number of nitrogens with one attached hydrogen (secondary N) is 2. The van der Waals surface area contributed by atoms with E-state index in [1.807, 2.05) is 19.0 Å². The van der Waals surface area contributed by atoms with Crippen molar-refractivity contribution in [3.63, 3.8) is 0 Å². The van der Waals surface area contributed by atoms with Crippen molar-refractivity contribution in [1.82, 2.24) is 10.2 Å². The average molecular weight is 314 g/mol. The van der Waals surface area contributed by atoms with E-state index in [9.17, 15) is 9.59 Å².